The normalized spacial score (nSPS) is 16.6. The number of amides is 1. The number of thioether (sulfide) groups is 1. The van der Waals surface area contributed by atoms with E-state index >= 15 is 0 Å². The molecule has 1 N–H and O–H groups in total. The van der Waals surface area contributed by atoms with Gasteiger partial charge in [0.2, 0.25) is 5.91 Å². The molecule has 0 saturated heterocycles. The average molecular weight is 290 g/mol. The molecule has 1 amide bonds. The molecule has 0 bridgehead atoms. The summed E-state index contributed by atoms with van der Waals surface area (Å²) < 4.78 is 0. The van der Waals surface area contributed by atoms with Crippen molar-refractivity contribution in [1.82, 2.24) is 5.32 Å². The lowest BCUT2D eigenvalue weighted by Gasteiger charge is -2.13. The molecule has 1 atom stereocenters. The zero-order chi connectivity index (χ0) is 12.4. The highest BCUT2D eigenvalue weighted by Gasteiger charge is 2.26. The van der Waals surface area contributed by atoms with Crippen molar-refractivity contribution in [3.05, 3.63) is 28.2 Å². The Morgan fingerprint density at radius 3 is 2.53 bits per heavy atom. The summed E-state index contributed by atoms with van der Waals surface area (Å²) in [4.78, 5) is 12.6. The first kappa shape index (κ1) is 13.1. The SMILES string of the molecule is CC(Sc1c(Cl)cccc1Cl)C(=O)NC1CC1. The van der Waals surface area contributed by atoms with Gasteiger partial charge in [0.1, 0.15) is 0 Å². The molecule has 17 heavy (non-hydrogen) atoms. The summed E-state index contributed by atoms with van der Waals surface area (Å²) in [5.74, 6) is 0.0495. The molecule has 0 aromatic heterocycles. The van der Waals surface area contributed by atoms with Crippen molar-refractivity contribution in [3.63, 3.8) is 0 Å². The molecule has 2 rings (SSSR count). The topological polar surface area (TPSA) is 29.1 Å². The molecule has 0 radical (unpaired) electrons. The van der Waals surface area contributed by atoms with E-state index in [2.05, 4.69) is 5.32 Å². The average Bonchev–Trinajstić information content (AvgIpc) is 3.07. The van der Waals surface area contributed by atoms with Gasteiger partial charge in [-0.05, 0) is 31.9 Å². The van der Waals surface area contributed by atoms with Crippen molar-refractivity contribution in [2.75, 3.05) is 0 Å². The zero-order valence-electron chi connectivity index (χ0n) is 9.37. The molecule has 0 aliphatic heterocycles. The molecule has 0 spiro atoms. The van der Waals surface area contributed by atoms with Crippen LogP contribution in [0, 0.1) is 0 Å². The highest BCUT2D eigenvalue weighted by molar-refractivity contribution is 8.00. The molecule has 1 fully saturated rings. The van der Waals surface area contributed by atoms with Crippen LogP contribution < -0.4 is 5.32 Å². The van der Waals surface area contributed by atoms with Gasteiger partial charge in [-0.1, -0.05) is 29.3 Å². The summed E-state index contributed by atoms with van der Waals surface area (Å²) in [6.45, 7) is 1.86. The molecule has 5 heteroatoms. The van der Waals surface area contributed by atoms with Crippen LogP contribution in [0.5, 0.6) is 0 Å². The van der Waals surface area contributed by atoms with Crippen LogP contribution in [0.4, 0.5) is 0 Å². The Morgan fingerprint density at radius 1 is 1.41 bits per heavy atom. The van der Waals surface area contributed by atoms with Gasteiger partial charge in [0.15, 0.2) is 0 Å². The molecule has 0 heterocycles. The van der Waals surface area contributed by atoms with Gasteiger partial charge < -0.3 is 5.32 Å². The van der Waals surface area contributed by atoms with Crippen LogP contribution in [0.15, 0.2) is 23.1 Å². The number of hydrogen-bond acceptors (Lipinski definition) is 2. The maximum atomic E-state index is 11.8. The minimum atomic E-state index is -0.187. The lowest BCUT2D eigenvalue weighted by molar-refractivity contribution is -0.120. The summed E-state index contributed by atoms with van der Waals surface area (Å²) in [6.07, 6.45) is 2.19. The van der Waals surface area contributed by atoms with Gasteiger partial charge in [-0.25, -0.2) is 0 Å². The fourth-order valence-corrected chi connectivity index (χ4v) is 2.93. The summed E-state index contributed by atoms with van der Waals surface area (Å²) in [6, 6.07) is 5.74. The van der Waals surface area contributed by atoms with E-state index in [-0.39, 0.29) is 11.2 Å². The molecular weight excluding hydrogens is 277 g/mol. The fourth-order valence-electron chi connectivity index (χ4n) is 1.37. The lowest BCUT2D eigenvalue weighted by atomic mass is 10.4. The third kappa shape index (κ3) is 3.54. The summed E-state index contributed by atoms with van der Waals surface area (Å²) in [5, 5.41) is 3.96. The molecule has 1 saturated carbocycles. The molecule has 1 aliphatic rings. The van der Waals surface area contributed by atoms with Crippen molar-refractivity contribution < 1.29 is 4.79 Å². The molecular formula is C12H13Cl2NOS. The first-order valence-corrected chi connectivity index (χ1v) is 7.12. The van der Waals surface area contributed by atoms with Gasteiger partial charge in [-0.2, -0.15) is 0 Å². The predicted molar refractivity (Wildman–Crippen MR) is 72.9 cm³/mol. The Morgan fingerprint density at radius 2 is 2.00 bits per heavy atom. The maximum absolute atomic E-state index is 11.8. The minimum absolute atomic E-state index is 0.0495. The third-order valence-corrected chi connectivity index (χ3v) is 4.60. The van der Waals surface area contributed by atoms with Crippen LogP contribution >= 0.6 is 35.0 Å². The van der Waals surface area contributed by atoms with Gasteiger partial charge in [-0.15, -0.1) is 11.8 Å². The maximum Gasteiger partial charge on any atom is 0.233 e. The van der Waals surface area contributed by atoms with Crippen LogP contribution in [0.1, 0.15) is 19.8 Å². The largest absolute Gasteiger partial charge is 0.352 e. The second-order valence-electron chi connectivity index (χ2n) is 4.09. The second kappa shape index (κ2) is 5.51. The number of halogens is 2. The Hall–Kier alpha value is -0.380. The van der Waals surface area contributed by atoms with Gasteiger partial charge in [0.05, 0.1) is 15.3 Å². The van der Waals surface area contributed by atoms with Crippen LogP contribution in [0.25, 0.3) is 0 Å². The van der Waals surface area contributed by atoms with Crippen molar-refractivity contribution in [2.45, 2.75) is 36.0 Å². The van der Waals surface area contributed by atoms with Crippen molar-refractivity contribution in [1.29, 1.82) is 0 Å². The number of benzene rings is 1. The van der Waals surface area contributed by atoms with Gasteiger partial charge in [0, 0.05) is 10.9 Å². The molecule has 1 aliphatic carbocycles. The van der Waals surface area contributed by atoms with E-state index < -0.39 is 0 Å². The predicted octanol–water partition coefficient (Wildman–Crippen LogP) is 3.75. The van der Waals surface area contributed by atoms with Crippen molar-refractivity contribution in [3.8, 4) is 0 Å². The van der Waals surface area contributed by atoms with E-state index in [0.717, 1.165) is 17.7 Å². The highest BCUT2D eigenvalue weighted by atomic mass is 35.5. The molecule has 1 aromatic rings. The molecule has 92 valence electrons. The van der Waals surface area contributed by atoms with Crippen molar-refractivity contribution in [2.24, 2.45) is 0 Å². The number of hydrogen-bond donors (Lipinski definition) is 1. The van der Waals surface area contributed by atoms with Crippen LogP contribution in [0.3, 0.4) is 0 Å². The highest BCUT2D eigenvalue weighted by Crippen LogP contribution is 2.36. The van der Waals surface area contributed by atoms with E-state index in [1.807, 2.05) is 6.92 Å². The van der Waals surface area contributed by atoms with Crippen molar-refractivity contribution >= 4 is 40.9 Å². The number of nitrogens with one attached hydrogen (secondary N) is 1. The molecule has 1 aromatic carbocycles. The first-order valence-electron chi connectivity index (χ1n) is 5.49. The summed E-state index contributed by atoms with van der Waals surface area (Å²) in [7, 11) is 0. The van der Waals surface area contributed by atoms with E-state index in [0.29, 0.717) is 16.1 Å². The Kier molecular flexibility index (Phi) is 4.23. The summed E-state index contributed by atoms with van der Waals surface area (Å²) >= 11 is 13.5. The van der Waals surface area contributed by atoms with Crippen LogP contribution in [0.2, 0.25) is 10.0 Å². The lowest BCUT2D eigenvalue weighted by Crippen LogP contribution is -2.32. The Balaban J connectivity index is 2.01. The number of rotatable bonds is 4. The molecule has 2 nitrogen and oxygen atoms in total. The van der Waals surface area contributed by atoms with Crippen LogP contribution in [-0.2, 0) is 4.79 Å². The van der Waals surface area contributed by atoms with E-state index in [1.54, 1.807) is 18.2 Å². The van der Waals surface area contributed by atoms with E-state index in [9.17, 15) is 4.79 Å². The quantitative estimate of drug-likeness (QED) is 0.856. The monoisotopic (exact) mass is 289 g/mol. The number of carbonyl (C=O) groups excluding carboxylic acids is 1. The van der Waals surface area contributed by atoms with E-state index in [4.69, 9.17) is 23.2 Å². The zero-order valence-corrected chi connectivity index (χ0v) is 11.7. The Bertz CT molecular complexity index is 414. The minimum Gasteiger partial charge on any atom is -0.352 e. The fraction of sp³-hybridized carbons (Fsp3) is 0.417. The third-order valence-electron chi connectivity index (χ3n) is 2.51. The Labute approximate surface area is 115 Å². The summed E-state index contributed by atoms with van der Waals surface area (Å²) in [5.41, 5.74) is 0. The van der Waals surface area contributed by atoms with Gasteiger partial charge in [-0.3, -0.25) is 4.79 Å². The standard InChI is InChI=1S/C12H13Cl2NOS/c1-7(12(16)15-8-5-6-8)17-11-9(13)3-2-4-10(11)14/h2-4,7-8H,5-6H2,1H3,(H,15,16). The van der Waals surface area contributed by atoms with Crippen LogP contribution in [-0.4, -0.2) is 17.2 Å². The van der Waals surface area contributed by atoms with Gasteiger partial charge in [0.25, 0.3) is 0 Å². The second-order valence-corrected chi connectivity index (χ2v) is 6.26. The first-order chi connectivity index (χ1) is 8.08. The molecule has 1 unspecified atom stereocenters. The van der Waals surface area contributed by atoms with E-state index in [1.165, 1.54) is 11.8 Å². The van der Waals surface area contributed by atoms with Gasteiger partial charge >= 0.3 is 0 Å². The number of carbonyl (C=O) groups is 1. The smallest absolute Gasteiger partial charge is 0.233 e.